The van der Waals surface area contributed by atoms with Gasteiger partial charge in [0.05, 0.1) is 0 Å². The van der Waals surface area contributed by atoms with Crippen LogP contribution in [0.1, 0.15) is 46.7 Å². The van der Waals surface area contributed by atoms with E-state index in [1.54, 1.807) is 0 Å². The first-order valence-corrected chi connectivity index (χ1v) is 11.6. The Morgan fingerprint density at radius 1 is 0.545 bits per heavy atom. The topological polar surface area (TPSA) is 52.0 Å². The molecule has 0 unspecified atom stereocenters. The molecule has 1 aliphatic rings. The third-order valence-corrected chi connectivity index (χ3v) is 6.89. The fraction of sp³-hybridized carbons (Fsp3) is 0.161. The molecule has 0 saturated heterocycles. The summed E-state index contributed by atoms with van der Waals surface area (Å²) in [6.07, 6.45) is 5.28. The summed E-state index contributed by atoms with van der Waals surface area (Å²) >= 11 is 0. The molecule has 0 aliphatic heterocycles. The molecule has 0 radical (unpaired) electrons. The predicted octanol–water partition coefficient (Wildman–Crippen LogP) is 6.67. The molecule has 0 heterocycles. The molecule has 0 aromatic heterocycles. The van der Waals surface area contributed by atoms with Gasteiger partial charge in [0.15, 0.2) is 0 Å². The summed E-state index contributed by atoms with van der Waals surface area (Å²) in [5.74, 6) is 0. The summed E-state index contributed by atoms with van der Waals surface area (Å²) in [6.45, 7) is 2.36. The van der Waals surface area contributed by atoms with Gasteiger partial charge >= 0.3 is 0 Å². The molecule has 2 heteroatoms. The van der Waals surface area contributed by atoms with E-state index in [0.29, 0.717) is 0 Å². The highest BCUT2D eigenvalue weighted by atomic mass is 14.5. The summed E-state index contributed by atoms with van der Waals surface area (Å²) in [7, 11) is 0. The van der Waals surface area contributed by atoms with Gasteiger partial charge in [-0.1, -0.05) is 84.4 Å². The van der Waals surface area contributed by atoms with E-state index in [4.69, 9.17) is 11.5 Å². The maximum Gasteiger partial charge on any atom is 0.0386 e. The number of rotatable bonds is 7. The average Bonchev–Trinajstić information content (AvgIpc) is 3.69. The minimum atomic E-state index is -0.0839. The zero-order valence-corrected chi connectivity index (χ0v) is 19.1. The van der Waals surface area contributed by atoms with Gasteiger partial charge in [-0.2, -0.15) is 0 Å². The van der Waals surface area contributed by atoms with Gasteiger partial charge < -0.3 is 11.5 Å². The van der Waals surface area contributed by atoms with Crippen molar-refractivity contribution in [3.05, 3.63) is 142 Å². The van der Waals surface area contributed by atoms with Crippen LogP contribution >= 0.6 is 0 Å². The lowest BCUT2D eigenvalue weighted by molar-refractivity contribution is 0.692. The molecule has 33 heavy (non-hydrogen) atoms. The minimum absolute atomic E-state index is 0.0839. The molecule has 0 amide bonds. The molecule has 4 aromatic rings. The van der Waals surface area contributed by atoms with E-state index in [9.17, 15) is 0 Å². The fourth-order valence-electron chi connectivity index (χ4n) is 4.65. The summed E-state index contributed by atoms with van der Waals surface area (Å²) in [4.78, 5) is 0. The van der Waals surface area contributed by atoms with Crippen LogP contribution < -0.4 is 11.5 Å². The van der Waals surface area contributed by atoms with E-state index in [-0.39, 0.29) is 5.41 Å². The largest absolute Gasteiger partial charge is 0.399 e. The quantitative estimate of drug-likeness (QED) is 0.254. The Morgan fingerprint density at radius 3 is 1.15 bits per heavy atom. The first-order chi connectivity index (χ1) is 16.0. The second kappa shape index (κ2) is 8.63. The molecular weight excluding hydrogens is 400 g/mol. The highest BCUT2D eigenvalue weighted by Crippen LogP contribution is 2.46. The van der Waals surface area contributed by atoms with Crippen molar-refractivity contribution < 1.29 is 0 Å². The summed E-state index contributed by atoms with van der Waals surface area (Å²) in [6, 6.07) is 34.6. The maximum atomic E-state index is 5.82. The number of benzene rings is 4. The van der Waals surface area contributed by atoms with Gasteiger partial charge in [-0.15, -0.1) is 0 Å². The van der Waals surface area contributed by atoms with Crippen molar-refractivity contribution in [3.63, 3.8) is 0 Å². The highest BCUT2D eigenvalue weighted by molar-refractivity contribution is 5.54. The fourth-order valence-corrected chi connectivity index (χ4v) is 4.65. The lowest BCUT2D eigenvalue weighted by atomic mass is 9.73. The van der Waals surface area contributed by atoms with E-state index in [1.807, 2.05) is 24.3 Å². The van der Waals surface area contributed by atoms with E-state index in [0.717, 1.165) is 30.6 Å². The Hall–Kier alpha value is -3.78. The van der Waals surface area contributed by atoms with E-state index in [1.165, 1.54) is 39.0 Å². The van der Waals surface area contributed by atoms with Gasteiger partial charge in [0.2, 0.25) is 0 Å². The molecule has 1 aliphatic carbocycles. The van der Waals surface area contributed by atoms with Crippen LogP contribution in [-0.2, 0) is 18.3 Å². The normalized spacial score (nSPS) is 12.9. The van der Waals surface area contributed by atoms with Crippen molar-refractivity contribution in [1.29, 1.82) is 0 Å². The monoisotopic (exact) mass is 430 g/mol. The lowest BCUT2D eigenvalue weighted by Crippen LogP contribution is -2.22. The summed E-state index contributed by atoms with van der Waals surface area (Å²) in [5.41, 5.74) is 22.6. The highest BCUT2D eigenvalue weighted by Gasteiger charge is 2.36. The molecule has 4 aromatic carbocycles. The van der Waals surface area contributed by atoms with E-state index >= 15 is 0 Å². The van der Waals surface area contributed by atoms with Crippen LogP contribution in [0.25, 0.3) is 0 Å². The van der Waals surface area contributed by atoms with Gasteiger partial charge in [0.1, 0.15) is 0 Å². The molecule has 4 N–H and O–H groups in total. The van der Waals surface area contributed by atoms with Crippen LogP contribution in [0.5, 0.6) is 0 Å². The SMILES string of the molecule is CC(C1=CC1)(c1ccc(Cc2ccc(N)cc2)cc1)c1ccc(Cc2ccc(N)cc2)cc1. The Labute approximate surface area is 196 Å². The number of hydrogen-bond acceptors (Lipinski definition) is 2. The van der Waals surface area contributed by atoms with Gasteiger partial charge in [-0.05, 0) is 83.8 Å². The van der Waals surface area contributed by atoms with Crippen molar-refractivity contribution in [2.75, 3.05) is 11.5 Å². The molecule has 164 valence electrons. The third kappa shape index (κ3) is 4.56. The van der Waals surface area contributed by atoms with Gasteiger partial charge in [0.25, 0.3) is 0 Å². The summed E-state index contributed by atoms with van der Waals surface area (Å²) < 4.78 is 0. The Bertz CT molecular complexity index is 1170. The second-order valence-electron chi connectivity index (χ2n) is 9.29. The van der Waals surface area contributed by atoms with Crippen LogP contribution in [0.3, 0.4) is 0 Å². The first-order valence-electron chi connectivity index (χ1n) is 11.6. The molecule has 2 nitrogen and oxygen atoms in total. The minimum Gasteiger partial charge on any atom is -0.399 e. The van der Waals surface area contributed by atoms with Crippen molar-refractivity contribution >= 4 is 11.4 Å². The molecular formula is C31H30N2. The lowest BCUT2D eigenvalue weighted by Gasteiger charge is -2.30. The Kier molecular flexibility index (Phi) is 5.51. The van der Waals surface area contributed by atoms with E-state index < -0.39 is 0 Å². The van der Waals surface area contributed by atoms with Crippen LogP contribution in [0.2, 0.25) is 0 Å². The zero-order valence-electron chi connectivity index (χ0n) is 19.1. The first kappa shape index (κ1) is 21.1. The van der Waals surface area contributed by atoms with E-state index in [2.05, 4.69) is 85.8 Å². The molecule has 0 fully saturated rings. The standard InChI is InChI=1S/C31H30N2/c1-31(28-14-15-28,26-10-2-22(3-11-26)20-24-6-16-29(32)17-7-24)27-12-4-23(5-13-27)21-25-8-18-30(33)19-9-25/h2-14,16-19H,15,20-21,32-33H2,1H3. The van der Waals surface area contributed by atoms with Crippen LogP contribution in [0.15, 0.2) is 109 Å². The second-order valence-corrected chi connectivity index (χ2v) is 9.29. The zero-order chi connectivity index (χ0) is 22.8. The number of nitrogens with two attached hydrogens (primary N) is 2. The maximum absolute atomic E-state index is 5.82. The van der Waals surface area contributed by atoms with Crippen molar-refractivity contribution in [2.45, 2.75) is 31.6 Å². The van der Waals surface area contributed by atoms with Gasteiger partial charge in [0, 0.05) is 16.8 Å². The number of allylic oxidation sites excluding steroid dienone is 2. The van der Waals surface area contributed by atoms with Gasteiger partial charge in [-0.25, -0.2) is 0 Å². The third-order valence-electron chi connectivity index (χ3n) is 6.89. The number of hydrogen-bond donors (Lipinski definition) is 2. The molecule has 0 atom stereocenters. The molecule has 5 rings (SSSR count). The molecule has 0 saturated carbocycles. The summed E-state index contributed by atoms with van der Waals surface area (Å²) in [5, 5.41) is 0. The van der Waals surface area contributed by atoms with Crippen molar-refractivity contribution in [2.24, 2.45) is 0 Å². The predicted molar refractivity (Wildman–Crippen MR) is 139 cm³/mol. The smallest absolute Gasteiger partial charge is 0.0386 e. The Balaban J connectivity index is 1.36. The van der Waals surface area contributed by atoms with Gasteiger partial charge in [-0.3, -0.25) is 0 Å². The number of nitrogen functional groups attached to an aromatic ring is 2. The van der Waals surface area contributed by atoms with Crippen LogP contribution in [0, 0.1) is 0 Å². The molecule has 0 spiro atoms. The van der Waals surface area contributed by atoms with Crippen molar-refractivity contribution in [3.8, 4) is 0 Å². The van der Waals surface area contributed by atoms with Crippen molar-refractivity contribution in [1.82, 2.24) is 0 Å². The van der Waals surface area contributed by atoms with Crippen LogP contribution in [0.4, 0.5) is 11.4 Å². The molecule has 0 bridgehead atoms. The van der Waals surface area contributed by atoms with Crippen LogP contribution in [-0.4, -0.2) is 0 Å². The average molecular weight is 431 g/mol. The Morgan fingerprint density at radius 2 is 0.848 bits per heavy atom. The number of anilines is 2.